The third-order valence-corrected chi connectivity index (χ3v) is 4.78. The van der Waals surface area contributed by atoms with Gasteiger partial charge in [-0.3, -0.25) is 9.59 Å². The number of carbonyl (C=O) groups is 2. The number of carbonyl (C=O) groups excluding carboxylic acids is 2. The van der Waals surface area contributed by atoms with Gasteiger partial charge >= 0.3 is 0 Å². The van der Waals surface area contributed by atoms with Crippen molar-refractivity contribution >= 4 is 35.7 Å². The van der Waals surface area contributed by atoms with Crippen molar-refractivity contribution in [3.8, 4) is 5.75 Å². The maximum atomic E-state index is 12.7. The predicted octanol–water partition coefficient (Wildman–Crippen LogP) is 3.52. The maximum Gasteiger partial charge on any atom is 0.261 e. The normalized spacial score (nSPS) is 16.4. The smallest absolute Gasteiger partial charge is 0.261 e. The molecule has 1 N–H and O–H groups in total. The van der Waals surface area contributed by atoms with Gasteiger partial charge in [0.2, 0.25) is 0 Å². The summed E-state index contributed by atoms with van der Waals surface area (Å²) in [5, 5.41) is 3.96. The molecule has 0 aliphatic carbocycles. The monoisotopic (exact) mass is 408 g/mol. The number of nitrogens with one attached hydrogen (secondary N) is 1. The Morgan fingerprint density at radius 2 is 2.00 bits per heavy atom. The van der Waals surface area contributed by atoms with E-state index in [2.05, 4.69) is 5.32 Å². The molecule has 0 aromatic heterocycles. The largest absolute Gasteiger partial charge is 0.484 e. The van der Waals surface area contributed by atoms with Gasteiger partial charge in [0.15, 0.2) is 12.4 Å². The maximum absolute atomic E-state index is 12.7. The summed E-state index contributed by atoms with van der Waals surface area (Å²) in [6.45, 7) is 3.38. The summed E-state index contributed by atoms with van der Waals surface area (Å²) in [7, 11) is 0. The number of hydrogen-bond acceptors (Lipinski definition) is 4. The van der Waals surface area contributed by atoms with E-state index in [1.165, 1.54) is 6.92 Å². The summed E-state index contributed by atoms with van der Waals surface area (Å²) in [6, 6.07) is 14.3. The lowest BCUT2D eigenvalue weighted by Crippen LogP contribution is -2.50. The number of nitrogens with zero attached hydrogens (tertiary/aromatic N) is 1. The molecule has 1 fully saturated rings. The zero-order valence-corrected chi connectivity index (χ0v) is 16.6. The lowest BCUT2D eigenvalue weighted by molar-refractivity contribution is -0.136. The van der Waals surface area contributed by atoms with Crippen LogP contribution in [0.15, 0.2) is 48.5 Å². The summed E-state index contributed by atoms with van der Waals surface area (Å²) in [4.78, 5) is 26.0. The minimum atomic E-state index is -0.128. The van der Waals surface area contributed by atoms with Crippen molar-refractivity contribution < 1.29 is 14.3 Å². The SMILES string of the molecule is CC(=O)c1cccc(OCC(=O)N2CCNCC2c2ccccc2Cl)c1.Cl. The van der Waals surface area contributed by atoms with E-state index in [9.17, 15) is 9.59 Å². The molecule has 0 bridgehead atoms. The van der Waals surface area contributed by atoms with Crippen molar-refractivity contribution in [2.24, 2.45) is 0 Å². The number of piperazine rings is 1. The first-order chi connectivity index (χ1) is 12.6. The Hall–Kier alpha value is -2.08. The van der Waals surface area contributed by atoms with Gasteiger partial charge in [0.1, 0.15) is 5.75 Å². The molecule has 0 saturated carbocycles. The van der Waals surface area contributed by atoms with Crippen LogP contribution in [-0.4, -0.2) is 42.8 Å². The molecule has 2 aromatic rings. The minimum Gasteiger partial charge on any atom is -0.484 e. The van der Waals surface area contributed by atoms with Crippen LogP contribution in [0.2, 0.25) is 5.02 Å². The van der Waals surface area contributed by atoms with E-state index in [1.807, 2.05) is 24.3 Å². The highest BCUT2D eigenvalue weighted by Crippen LogP contribution is 2.28. The van der Waals surface area contributed by atoms with Gasteiger partial charge < -0.3 is 15.0 Å². The highest BCUT2D eigenvalue weighted by atomic mass is 35.5. The van der Waals surface area contributed by atoms with Gasteiger partial charge in [0, 0.05) is 30.2 Å². The van der Waals surface area contributed by atoms with E-state index < -0.39 is 0 Å². The van der Waals surface area contributed by atoms with E-state index in [4.69, 9.17) is 16.3 Å². The lowest BCUT2D eigenvalue weighted by atomic mass is 10.0. The highest BCUT2D eigenvalue weighted by Gasteiger charge is 2.29. The minimum absolute atomic E-state index is 0. The molecule has 27 heavy (non-hydrogen) atoms. The zero-order chi connectivity index (χ0) is 18.5. The van der Waals surface area contributed by atoms with Crippen LogP contribution in [0.5, 0.6) is 5.75 Å². The number of amides is 1. The number of rotatable bonds is 5. The number of ketones is 1. The van der Waals surface area contributed by atoms with Gasteiger partial charge in [-0.1, -0.05) is 41.9 Å². The molecular formula is C20H22Cl2N2O3. The first-order valence-electron chi connectivity index (χ1n) is 8.54. The average molecular weight is 409 g/mol. The number of Topliss-reactive ketones (excluding diaryl/α,β-unsaturated/α-hetero) is 1. The Balaban J connectivity index is 0.00000261. The number of hydrogen-bond donors (Lipinski definition) is 1. The molecule has 1 aliphatic heterocycles. The van der Waals surface area contributed by atoms with Crippen molar-refractivity contribution in [3.63, 3.8) is 0 Å². The summed E-state index contributed by atoms with van der Waals surface area (Å²) in [6.07, 6.45) is 0. The molecule has 1 aliphatic rings. The van der Waals surface area contributed by atoms with Gasteiger partial charge in [-0.25, -0.2) is 0 Å². The summed E-state index contributed by atoms with van der Waals surface area (Å²) in [5.74, 6) is 0.364. The van der Waals surface area contributed by atoms with Gasteiger partial charge in [0.05, 0.1) is 6.04 Å². The fourth-order valence-electron chi connectivity index (χ4n) is 3.06. The molecule has 1 saturated heterocycles. The predicted molar refractivity (Wildman–Crippen MR) is 108 cm³/mol. The van der Waals surface area contributed by atoms with E-state index in [0.717, 1.165) is 12.1 Å². The van der Waals surface area contributed by atoms with Crippen LogP contribution in [0.1, 0.15) is 28.9 Å². The molecule has 5 nitrogen and oxygen atoms in total. The Morgan fingerprint density at radius 3 is 2.74 bits per heavy atom. The molecule has 0 radical (unpaired) electrons. The molecular weight excluding hydrogens is 387 g/mol. The number of ether oxygens (including phenoxy) is 1. The van der Waals surface area contributed by atoms with E-state index >= 15 is 0 Å². The van der Waals surface area contributed by atoms with Crippen molar-refractivity contribution in [3.05, 3.63) is 64.7 Å². The molecule has 144 valence electrons. The molecule has 3 rings (SSSR count). The Bertz CT molecular complexity index is 813. The van der Waals surface area contributed by atoms with Crippen LogP contribution in [0, 0.1) is 0 Å². The third kappa shape index (κ3) is 5.22. The van der Waals surface area contributed by atoms with Crippen LogP contribution >= 0.6 is 24.0 Å². The zero-order valence-electron chi connectivity index (χ0n) is 15.0. The van der Waals surface area contributed by atoms with E-state index in [-0.39, 0.29) is 36.7 Å². The van der Waals surface area contributed by atoms with Gasteiger partial charge in [-0.15, -0.1) is 12.4 Å². The number of halogens is 2. The standard InChI is InChI=1S/C20H21ClN2O3.ClH/c1-14(24)15-5-4-6-16(11-15)26-13-20(25)23-10-9-22-12-19(23)17-7-2-3-8-18(17)21;/h2-8,11,19,22H,9-10,12-13H2,1H3;1H. The van der Waals surface area contributed by atoms with Crippen LogP contribution < -0.4 is 10.1 Å². The summed E-state index contributed by atoms with van der Waals surface area (Å²) < 4.78 is 5.63. The van der Waals surface area contributed by atoms with Gasteiger partial charge in [-0.05, 0) is 30.7 Å². The van der Waals surface area contributed by atoms with E-state index in [0.29, 0.717) is 29.4 Å². The molecule has 2 aromatic carbocycles. The molecule has 1 unspecified atom stereocenters. The van der Waals surface area contributed by atoms with Crippen molar-refractivity contribution in [2.75, 3.05) is 26.2 Å². The fraction of sp³-hybridized carbons (Fsp3) is 0.300. The number of benzene rings is 2. The van der Waals surface area contributed by atoms with E-state index in [1.54, 1.807) is 29.2 Å². The second-order valence-electron chi connectivity index (χ2n) is 6.20. The second kappa shape index (κ2) is 9.74. The third-order valence-electron chi connectivity index (χ3n) is 4.43. The highest BCUT2D eigenvalue weighted by molar-refractivity contribution is 6.31. The van der Waals surface area contributed by atoms with Crippen LogP contribution in [-0.2, 0) is 4.79 Å². The van der Waals surface area contributed by atoms with Gasteiger partial charge in [0.25, 0.3) is 5.91 Å². The second-order valence-corrected chi connectivity index (χ2v) is 6.61. The van der Waals surface area contributed by atoms with Crippen molar-refractivity contribution in [1.29, 1.82) is 0 Å². The Kier molecular flexibility index (Phi) is 7.66. The lowest BCUT2D eigenvalue weighted by Gasteiger charge is -2.36. The first-order valence-corrected chi connectivity index (χ1v) is 8.92. The topological polar surface area (TPSA) is 58.6 Å². The molecule has 1 atom stereocenters. The fourth-order valence-corrected chi connectivity index (χ4v) is 3.32. The van der Waals surface area contributed by atoms with Gasteiger partial charge in [-0.2, -0.15) is 0 Å². The molecule has 0 spiro atoms. The Labute approximate surface area is 170 Å². The molecule has 1 amide bonds. The first kappa shape index (κ1) is 21.2. The summed E-state index contributed by atoms with van der Waals surface area (Å²) in [5.41, 5.74) is 1.49. The molecule has 7 heteroatoms. The van der Waals surface area contributed by atoms with Crippen LogP contribution in [0.4, 0.5) is 0 Å². The van der Waals surface area contributed by atoms with Crippen LogP contribution in [0.3, 0.4) is 0 Å². The summed E-state index contributed by atoms with van der Waals surface area (Å²) >= 11 is 6.32. The van der Waals surface area contributed by atoms with Crippen molar-refractivity contribution in [2.45, 2.75) is 13.0 Å². The quantitative estimate of drug-likeness (QED) is 0.768. The van der Waals surface area contributed by atoms with Crippen molar-refractivity contribution in [1.82, 2.24) is 10.2 Å². The Morgan fingerprint density at radius 1 is 1.22 bits per heavy atom. The molecule has 1 heterocycles. The van der Waals surface area contributed by atoms with Crippen LogP contribution in [0.25, 0.3) is 0 Å². The average Bonchev–Trinajstić information content (AvgIpc) is 2.67.